The average Bonchev–Trinajstić information content (AvgIpc) is 3.14. The Morgan fingerprint density at radius 2 is 2.04 bits per heavy atom. The Balaban J connectivity index is 1.58. The van der Waals surface area contributed by atoms with Gasteiger partial charge in [-0.25, -0.2) is 0 Å². The van der Waals surface area contributed by atoms with Gasteiger partial charge in [-0.05, 0) is 43.9 Å². The second kappa shape index (κ2) is 9.88. The summed E-state index contributed by atoms with van der Waals surface area (Å²) >= 11 is 0. The molecule has 0 saturated carbocycles. The van der Waals surface area contributed by atoms with Crippen LogP contribution in [0.15, 0.2) is 48.5 Å². The van der Waals surface area contributed by atoms with Gasteiger partial charge in [0.2, 0.25) is 0 Å². The van der Waals surface area contributed by atoms with E-state index in [1.165, 1.54) is 11.1 Å². The monoisotopic (exact) mass is 369 g/mol. The number of hydrogen-bond donors (Lipinski definition) is 1. The maximum Gasteiger partial charge on any atom is 0.122 e. The summed E-state index contributed by atoms with van der Waals surface area (Å²) in [5.74, 6) is 0.834. The van der Waals surface area contributed by atoms with Gasteiger partial charge in [-0.1, -0.05) is 48.0 Å². The maximum absolute atomic E-state index is 10.6. The summed E-state index contributed by atoms with van der Waals surface area (Å²) in [5.41, 5.74) is 3.61. The second-order valence-corrected chi connectivity index (χ2v) is 7.55. The van der Waals surface area contributed by atoms with E-state index in [2.05, 4.69) is 36.1 Å². The van der Waals surface area contributed by atoms with Crippen molar-refractivity contribution in [3.8, 4) is 5.75 Å². The Morgan fingerprint density at radius 1 is 1.19 bits per heavy atom. The second-order valence-electron chi connectivity index (χ2n) is 7.55. The van der Waals surface area contributed by atoms with Gasteiger partial charge in [-0.3, -0.25) is 4.90 Å². The molecule has 27 heavy (non-hydrogen) atoms. The van der Waals surface area contributed by atoms with Gasteiger partial charge in [-0.15, -0.1) is 0 Å². The van der Waals surface area contributed by atoms with E-state index in [4.69, 9.17) is 9.47 Å². The Bertz CT molecular complexity index is 712. The zero-order valence-corrected chi connectivity index (χ0v) is 16.4. The van der Waals surface area contributed by atoms with Crippen LogP contribution in [-0.4, -0.2) is 48.5 Å². The van der Waals surface area contributed by atoms with E-state index in [0.29, 0.717) is 13.2 Å². The SMILES string of the molecule is Cc1cccc(CN(C[C@H](O)COc2ccccc2C)C[C@@H]2CCCO2)c1. The maximum atomic E-state index is 10.6. The molecular weight excluding hydrogens is 338 g/mol. The van der Waals surface area contributed by atoms with Gasteiger partial charge in [0.05, 0.1) is 6.10 Å². The van der Waals surface area contributed by atoms with Crippen LogP contribution in [0.5, 0.6) is 5.75 Å². The zero-order chi connectivity index (χ0) is 19.1. The van der Waals surface area contributed by atoms with Crippen LogP contribution in [0.25, 0.3) is 0 Å². The van der Waals surface area contributed by atoms with Crippen LogP contribution in [-0.2, 0) is 11.3 Å². The lowest BCUT2D eigenvalue weighted by atomic mass is 10.1. The van der Waals surface area contributed by atoms with Gasteiger partial charge in [-0.2, -0.15) is 0 Å². The van der Waals surface area contributed by atoms with Gasteiger partial charge in [0.25, 0.3) is 0 Å². The van der Waals surface area contributed by atoms with Crippen molar-refractivity contribution >= 4 is 0 Å². The fourth-order valence-electron chi connectivity index (χ4n) is 3.60. The molecule has 2 aromatic rings. The van der Waals surface area contributed by atoms with E-state index in [1.54, 1.807) is 0 Å². The summed E-state index contributed by atoms with van der Waals surface area (Å²) in [6.07, 6.45) is 1.94. The van der Waals surface area contributed by atoms with E-state index in [0.717, 1.165) is 43.9 Å². The minimum absolute atomic E-state index is 0.263. The molecule has 146 valence electrons. The summed E-state index contributed by atoms with van der Waals surface area (Å²) < 4.78 is 11.6. The minimum atomic E-state index is -0.546. The lowest BCUT2D eigenvalue weighted by Crippen LogP contribution is -2.39. The molecule has 1 fully saturated rings. The van der Waals surface area contributed by atoms with E-state index in [-0.39, 0.29) is 6.10 Å². The predicted octanol–water partition coefficient (Wildman–Crippen LogP) is 3.72. The largest absolute Gasteiger partial charge is 0.491 e. The Hall–Kier alpha value is -1.88. The number of para-hydroxylation sites is 1. The highest BCUT2D eigenvalue weighted by Gasteiger charge is 2.21. The lowest BCUT2D eigenvalue weighted by molar-refractivity contribution is 0.0313. The van der Waals surface area contributed by atoms with Gasteiger partial charge in [0.15, 0.2) is 0 Å². The highest BCUT2D eigenvalue weighted by atomic mass is 16.5. The van der Waals surface area contributed by atoms with Crippen molar-refractivity contribution in [2.24, 2.45) is 0 Å². The first-order valence-corrected chi connectivity index (χ1v) is 9.86. The summed E-state index contributed by atoms with van der Waals surface area (Å²) in [7, 11) is 0. The van der Waals surface area contributed by atoms with Crippen molar-refractivity contribution in [1.82, 2.24) is 4.90 Å². The molecular formula is C23H31NO3. The molecule has 1 saturated heterocycles. The number of rotatable bonds is 9. The molecule has 0 aromatic heterocycles. The van der Waals surface area contributed by atoms with Gasteiger partial charge < -0.3 is 14.6 Å². The minimum Gasteiger partial charge on any atom is -0.491 e. The van der Waals surface area contributed by atoms with Crippen molar-refractivity contribution in [2.75, 3.05) is 26.3 Å². The molecule has 1 aliphatic rings. The Kier molecular flexibility index (Phi) is 7.27. The first-order valence-electron chi connectivity index (χ1n) is 9.86. The molecule has 1 heterocycles. The topological polar surface area (TPSA) is 41.9 Å². The summed E-state index contributed by atoms with van der Waals surface area (Å²) in [5, 5.41) is 10.6. The number of hydrogen-bond acceptors (Lipinski definition) is 4. The van der Waals surface area contributed by atoms with Crippen LogP contribution in [0.4, 0.5) is 0 Å². The number of aliphatic hydroxyl groups is 1. The molecule has 1 aliphatic heterocycles. The van der Waals surface area contributed by atoms with Gasteiger partial charge in [0, 0.05) is 26.2 Å². The predicted molar refractivity (Wildman–Crippen MR) is 108 cm³/mol. The van der Waals surface area contributed by atoms with Crippen LogP contribution >= 0.6 is 0 Å². The molecule has 1 N–H and O–H groups in total. The van der Waals surface area contributed by atoms with Crippen LogP contribution in [0, 0.1) is 13.8 Å². The van der Waals surface area contributed by atoms with Crippen molar-refractivity contribution in [3.05, 3.63) is 65.2 Å². The number of aliphatic hydroxyl groups excluding tert-OH is 1. The van der Waals surface area contributed by atoms with Crippen molar-refractivity contribution in [3.63, 3.8) is 0 Å². The summed E-state index contributed by atoms with van der Waals surface area (Å²) in [4.78, 5) is 2.29. The van der Waals surface area contributed by atoms with Gasteiger partial charge >= 0.3 is 0 Å². The number of ether oxygens (including phenoxy) is 2. The number of benzene rings is 2. The highest BCUT2D eigenvalue weighted by molar-refractivity contribution is 5.31. The van der Waals surface area contributed by atoms with Crippen LogP contribution in [0.2, 0.25) is 0 Å². The molecule has 0 spiro atoms. The van der Waals surface area contributed by atoms with Gasteiger partial charge in [0.1, 0.15) is 18.5 Å². The third-order valence-electron chi connectivity index (χ3n) is 4.97. The molecule has 3 rings (SSSR count). The standard InChI is InChI=1S/C23H31NO3/c1-18-7-5-9-20(13-18)14-24(16-22-10-6-12-26-22)15-21(25)17-27-23-11-4-3-8-19(23)2/h3-5,7-9,11,13,21-22,25H,6,10,12,14-17H2,1-2H3/t21-,22-/m0/s1. The smallest absolute Gasteiger partial charge is 0.122 e. The van der Waals surface area contributed by atoms with Crippen LogP contribution in [0.3, 0.4) is 0 Å². The van der Waals surface area contributed by atoms with E-state index in [9.17, 15) is 5.11 Å². The van der Waals surface area contributed by atoms with E-state index in [1.807, 2.05) is 31.2 Å². The fourth-order valence-corrected chi connectivity index (χ4v) is 3.60. The van der Waals surface area contributed by atoms with E-state index >= 15 is 0 Å². The molecule has 0 bridgehead atoms. The zero-order valence-electron chi connectivity index (χ0n) is 16.4. The first-order chi connectivity index (χ1) is 13.1. The van der Waals surface area contributed by atoms with E-state index < -0.39 is 6.10 Å². The Morgan fingerprint density at radius 3 is 2.78 bits per heavy atom. The quantitative estimate of drug-likeness (QED) is 0.731. The molecule has 4 nitrogen and oxygen atoms in total. The molecule has 0 aliphatic carbocycles. The molecule has 0 amide bonds. The molecule has 2 aromatic carbocycles. The van der Waals surface area contributed by atoms with Crippen molar-refractivity contribution in [1.29, 1.82) is 0 Å². The molecule has 4 heteroatoms. The van der Waals surface area contributed by atoms with Crippen molar-refractivity contribution in [2.45, 2.75) is 45.4 Å². The number of nitrogens with zero attached hydrogens (tertiary/aromatic N) is 1. The Labute approximate surface area is 162 Å². The number of aryl methyl sites for hydroxylation is 2. The highest BCUT2D eigenvalue weighted by Crippen LogP contribution is 2.18. The molecule has 0 radical (unpaired) electrons. The molecule has 2 atom stereocenters. The normalized spacial score (nSPS) is 18.0. The van der Waals surface area contributed by atoms with Crippen LogP contribution < -0.4 is 4.74 Å². The third-order valence-corrected chi connectivity index (χ3v) is 4.97. The third kappa shape index (κ3) is 6.35. The van der Waals surface area contributed by atoms with Crippen LogP contribution in [0.1, 0.15) is 29.5 Å². The average molecular weight is 370 g/mol. The summed E-state index contributed by atoms with van der Waals surface area (Å²) in [6.45, 7) is 7.49. The fraction of sp³-hybridized carbons (Fsp3) is 0.478. The lowest BCUT2D eigenvalue weighted by Gasteiger charge is -2.27. The van der Waals surface area contributed by atoms with Crippen molar-refractivity contribution < 1.29 is 14.6 Å². The first kappa shape index (κ1) is 19.9. The molecule has 0 unspecified atom stereocenters. The summed E-state index contributed by atoms with van der Waals surface area (Å²) in [6, 6.07) is 16.5.